The molecule has 3 aromatic rings. The van der Waals surface area contributed by atoms with Crippen LogP contribution >= 0.6 is 0 Å². The SMILES string of the molecule is CC1C2CC(CC1c1cnc3ccccc3c1)N(Cc1ccccc1)C2. The van der Waals surface area contributed by atoms with Crippen LogP contribution in [0.4, 0.5) is 0 Å². The van der Waals surface area contributed by atoms with Crippen molar-refractivity contribution in [1.29, 1.82) is 0 Å². The standard InChI is InChI=1S/C24H26N2/c1-17-21-12-22(26(16-21)15-18-7-3-2-4-8-18)13-23(17)20-11-19-9-5-6-10-24(19)25-14-20/h2-11,14,17,21-23H,12-13,15-16H2,1H3. The second-order valence-electron chi connectivity index (χ2n) is 8.23. The third kappa shape index (κ3) is 2.83. The smallest absolute Gasteiger partial charge is 0.0702 e. The minimum absolute atomic E-state index is 0.636. The predicted molar refractivity (Wildman–Crippen MR) is 107 cm³/mol. The van der Waals surface area contributed by atoms with Gasteiger partial charge in [-0.25, -0.2) is 0 Å². The summed E-state index contributed by atoms with van der Waals surface area (Å²) in [6.07, 6.45) is 4.77. The molecule has 1 saturated heterocycles. The normalized spacial score (nSPS) is 28.5. The van der Waals surface area contributed by atoms with E-state index in [4.69, 9.17) is 4.98 Å². The lowest BCUT2D eigenvalue weighted by Crippen LogP contribution is -2.31. The number of para-hydroxylation sites is 1. The fourth-order valence-corrected chi connectivity index (χ4v) is 5.23. The average Bonchev–Trinajstić information content (AvgIpc) is 3.03. The Hall–Kier alpha value is -2.19. The van der Waals surface area contributed by atoms with E-state index in [0.717, 1.165) is 23.9 Å². The first-order valence-electron chi connectivity index (χ1n) is 9.90. The van der Waals surface area contributed by atoms with Gasteiger partial charge < -0.3 is 0 Å². The van der Waals surface area contributed by atoms with Crippen molar-refractivity contribution in [3.8, 4) is 0 Å². The molecule has 132 valence electrons. The molecule has 2 fully saturated rings. The van der Waals surface area contributed by atoms with Crippen LogP contribution in [0.1, 0.15) is 36.8 Å². The maximum Gasteiger partial charge on any atom is 0.0702 e. The van der Waals surface area contributed by atoms with Gasteiger partial charge in [0.2, 0.25) is 0 Å². The lowest BCUT2D eigenvalue weighted by Gasteiger charge is -2.35. The molecular weight excluding hydrogens is 316 g/mol. The van der Waals surface area contributed by atoms with Crippen LogP contribution < -0.4 is 0 Å². The van der Waals surface area contributed by atoms with E-state index in [1.54, 1.807) is 0 Å². The summed E-state index contributed by atoms with van der Waals surface area (Å²) in [6, 6.07) is 22.5. The Morgan fingerprint density at radius 1 is 1.00 bits per heavy atom. The highest BCUT2D eigenvalue weighted by atomic mass is 15.2. The summed E-state index contributed by atoms with van der Waals surface area (Å²) in [5, 5.41) is 1.27. The zero-order valence-electron chi connectivity index (χ0n) is 15.4. The molecule has 26 heavy (non-hydrogen) atoms. The molecule has 0 radical (unpaired) electrons. The third-order valence-electron chi connectivity index (χ3n) is 6.73. The number of aromatic nitrogens is 1. The summed E-state index contributed by atoms with van der Waals surface area (Å²) < 4.78 is 0. The number of likely N-dealkylation sites (tertiary alicyclic amines) is 1. The Bertz CT molecular complexity index is 904. The van der Waals surface area contributed by atoms with Crippen molar-refractivity contribution in [2.24, 2.45) is 11.8 Å². The molecule has 2 bridgehead atoms. The van der Waals surface area contributed by atoms with Crippen molar-refractivity contribution in [3.63, 3.8) is 0 Å². The molecule has 1 aliphatic heterocycles. The fraction of sp³-hybridized carbons (Fsp3) is 0.375. The Kier molecular flexibility index (Phi) is 4.01. The highest BCUT2D eigenvalue weighted by Crippen LogP contribution is 2.47. The highest BCUT2D eigenvalue weighted by Gasteiger charge is 2.44. The third-order valence-corrected chi connectivity index (χ3v) is 6.73. The van der Waals surface area contributed by atoms with Gasteiger partial charge in [0.05, 0.1) is 5.52 Å². The van der Waals surface area contributed by atoms with Crippen molar-refractivity contribution in [1.82, 2.24) is 9.88 Å². The zero-order valence-corrected chi connectivity index (χ0v) is 15.4. The van der Waals surface area contributed by atoms with Gasteiger partial charge in [0, 0.05) is 30.7 Å². The van der Waals surface area contributed by atoms with Crippen molar-refractivity contribution in [2.75, 3.05) is 6.54 Å². The van der Waals surface area contributed by atoms with E-state index < -0.39 is 0 Å². The molecule has 4 unspecified atom stereocenters. The van der Waals surface area contributed by atoms with Gasteiger partial charge in [0.25, 0.3) is 0 Å². The number of hydrogen-bond acceptors (Lipinski definition) is 2. The lowest BCUT2D eigenvalue weighted by molar-refractivity contribution is 0.215. The van der Waals surface area contributed by atoms with Crippen molar-refractivity contribution < 1.29 is 0 Å². The molecule has 2 nitrogen and oxygen atoms in total. The number of rotatable bonds is 3. The van der Waals surface area contributed by atoms with Gasteiger partial charge in [-0.3, -0.25) is 9.88 Å². The molecule has 1 saturated carbocycles. The second-order valence-corrected chi connectivity index (χ2v) is 8.23. The van der Waals surface area contributed by atoms with Crippen LogP contribution in [0.5, 0.6) is 0 Å². The van der Waals surface area contributed by atoms with Crippen LogP contribution in [0.2, 0.25) is 0 Å². The van der Waals surface area contributed by atoms with E-state index in [2.05, 4.69) is 78.7 Å². The second kappa shape index (κ2) is 6.51. The summed E-state index contributed by atoms with van der Waals surface area (Å²) in [6.45, 7) is 4.81. The van der Waals surface area contributed by atoms with E-state index in [-0.39, 0.29) is 0 Å². The molecule has 1 aromatic heterocycles. The summed E-state index contributed by atoms with van der Waals surface area (Å²) in [7, 11) is 0. The Labute approximate surface area is 155 Å². The van der Waals surface area contributed by atoms with E-state index in [9.17, 15) is 0 Å². The molecule has 2 aliphatic rings. The van der Waals surface area contributed by atoms with E-state index in [0.29, 0.717) is 12.0 Å². The first kappa shape index (κ1) is 16.0. The summed E-state index contributed by atoms with van der Waals surface area (Å²) in [5.74, 6) is 2.18. The van der Waals surface area contributed by atoms with Crippen molar-refractivity contribution in [2.45, 2.75) is 38.3 Å². The maximum atomic E-state index is 4.73. The van der Waals surface area contributed by atoms with E-state index in [1.807, 2.05) is 0 Å². The molecule has 2 heterocycles. The average molecular weight is 342 g/mol. The highest BCUT2D eigenvalue weighted by molar-refractivity contribution is 5.78. The molecule has 1 aliphatic carbocycles. The largest absolute Gasteiger partial charge is 0.296 e. The Morgan fingerprint density at radius 2 is 1.81 bits per heavy atom. The van der Waals surface area contributed by atoms with Gasteiger partial charge in [-0.15, -0.1) is 0 Å². The molecule has 0 N–H and O–H groups in total. The van der Waals surface area contributed by atoms with Crippen molar-refractivity contribution >= 4 is 10.9 Å². The number of benzene rings is 2. The fourth-order valence-electron chi connectivity index (χ4n) is 5.23. The van der Waals surface area contributed by atoms with Gasteiger partial charge in [0.1, 0.15) is 0 Å². The molecule has 5 rings (SSSR count). The van der Waals surface area contributed by atoms with Crippen LogP contribution in [0.3, 0.4) is 0 Å². The molecule has 4 atom stereocenters. The van der Waals surface area contributed by atoms with Crippen LogP contribution in [0.25, 0.3) is 10.9 Å². The van der Waals surface area contributed by atoms with Crippen LogP contribution in [0.15, 0.2) is 66.9 Å². The van der Waals surface area contributed by atoms with Gasteiger partial charge in [-0.05, 0) is 53.9 Å². The predicted octanol–water partition coefficient (Wildman–Crippen LogP) is 5.25. The summed E-state index contributed by atoms with van der Waals surface area (Å²) in [5.41, 5.74) is 3.98. The van der Waals surface area contributed by atoms with Gasteiger partial charge in [-0.1, -0.05) is 55.5 Å². The monoisotopic (exact) mass is 342 g/mol. The first-order valence-corrected chi connectivity index (χ1v) is 9.90. The van der Waals surface area contributed by atoms with Gasteiger partial charge in [-0.2, -0.15) is 0 Å². The lowest BCUT2D eigenvalue weighted by atomic mass is 9.71. The van der Waals surface area contributed by atoms with Gasteiger partial charge >= 0.3 is 0 Å². The quantitative estimate of drug-likeness (QED) is 0.646. The number of fused-ring (bicyclic) bond motifs is 3. The first-order chi connectivity index (χ1) is 12.8. The molecule has 2 heteroatoms. The van der Waals surface area contributed by atoms with E-state index in [1.165, 1.54) is 35.9 Å². The Balaban J connectivity index is 1.40. The van der Waals surface area contributed by atoms with Crippen LogP contribution in [-0.4, -0.2) is 22.5 Å². The molecular formula is C24H26N2. The van der Waals surface area contributed by atoms with Crippen LogP contribution in [0, 0.1) is 11.8 Å². The van der Waals surface area contributed by atoms with Crippen molar-refractivity contribution in [3.05, 3.63) is 78.0 Å². The van der Waals surface area contributed by atoms with Gasteiger partial charge in [0.15, 0.2) is 0 Å². The number of pyridine rings is 1. The van der Waals surface area contributed by atoms with Crippen LogP contribution in [-0.2, 0) is 6.54 Å². The summed E-state index contributed by atoms with van der Waals surface area (Å²) in [4.78, 5) is 7.46. The minimum atomic E-state index is 0.636. The topological polar surface area (TPSA) is 16.1 Å². The molecule has 2 aromatic carbocycles. The van der Waals surface area contributed by atoms with E-state index >= 15 is 0 Å². The zero-order chi connectivity index (χ0) is 17.5. The summed E-state index contributed by atoms with van der Waals surface area (Å²) >= 11 is 0. The Morgan fingerprint density at radius 3 is 2.69 bits per heavy atom. The number of nitrogens with zero attached hydrogens (tertiary/aromatic N) is 2. The number of hydrogen-bond donors (Lipinski definition) is 0. The molecule has 0 amide bonds. The minimum Gasteiger partial charge on any atom is -0.296 e. The maximum absolute atomic E-state index is 4.73. The molecule has 0 spiro atoms.